The summed E-state index contributed by atoms with van der Waals surface area (Å²) in [5.74, 6) is 1.32. The first-order chi connectivity index (χ1) is 15.4. The number of hydrogen-bond donors (Lipinski definition) is 1. The van der Waals surface area contributed by atoms with Crippen molar-refractivity contribution in [3.63, 3.8) is 0 Å². The van der Waals surface area contributed by atoms with E-state index >= 15 is 0 Å². The van der Waals surface area contributed by atoms with Gasteiger partial charge in [-0.25, -0.2) is 4.39 Å². The summed E-state index contributed by atoms with van der Waals surface area (Å²) in [6, 6.07) is 11.4. The van der Waals surface area contributed by atoms with E-state index in [4.69, 9.17) is 13.7 Å². The molecule has 1 fully saturated rings. The average Bonchev–Trinajstić information content (AvgIpc) is 3.39. The lowest BCUT2D eigenvalue weighted by molar-refractivity contribution is 0.0964. The van der Waals surface area contributed by atoms with Gasteiger partial charge in [-0.3, -0.25) is 4.79 Å². The number of fused-ring (bicyclic) bond motifs is 1. The number of ether oxygens (including phenoxy) is 1. The highest BCUT2D eigenvalue weighted by atomic mass is 19.1. The first-order valence-electron chi connectivity index (χ1n) is 10.7. The first kappa shape index (κ1) is 20.3. The lowest BCUT2D eigenvalue weighted by Gasteiger charge is -2.13. The van der Waals surface area contributed by atoms with Crippen molar-refractivity contribution in [3.05, 3.63) is 59.5 Å². The molecule has 2 aromatic heterocycles. The van der Waals surface area contributed by atoms with Gasteiger partial charge >= 0.3 is 0 Å². The molecule has 0 unspecified atom stereocenters. The van der Waals surface area contributed by atoms with Crippen molar-refractivity contribution in [1.29, 1.82) is 0 Å². The second kappa shape index (κ2) is 7.82. The SMILES string of the molecule is CNC(=O)c1c(-c2ccc(F)cc2)oc2cc(-c3cc(C4CC4)no3)c(OC(C)C)cc12. The van der Waals surface area contributed by atoms with E-state index in [0.29, 0.717) is 50.8 Å². The van der Waals surface area contributed by atoms with Gasteiger partial charge < -0.3 is 19.0 Å². The lowest BCUT2D eigenvalue weighted by Crippen LogP contribution is -2.18. The highest BCUT2D eigenvalue weighted by Crippen LogP contribution is 2.44. The van der Waals surface area contributed by atoms with E-state index in [1.807, 2.05) is 26.0 Å². The molecule has 2 heterocycles. The second-order valence-electron chi connectivity index (χ2n) is 8.29. The zero-order valence-corrected chi connectivity index (χ0v) is 18.1. The number of halogens is 1. The summed E-state index contributed by atoms with van der Waals surface area (Å²) in [6.07, 6.45) is 2.15. The molecule has 0 saturated heterocycles. The van der Waals surface area contributed by atoms with Crippen molar-refractivity contribution in [2.24, 2.45) is 0 Å². The number of carbonyl (C=O) groups excluding carboxylic acids is 1. The van der Waals surface area contributed by atoms with Crippen LogP contribution in [0, 0.1) is 5.82 Å². The minimum atomic E-state index is -0.363. The van der Waals surface area contributed by atoms with Crippen LogP contribution in [-0.4, -0.2) is 24.2 Å². The number of carbonyl (C=O) groups is 1. The van der Waals surface area contributed by atoms with Gasteiger partial charge in [0.05, 0.1) is 22.9 Å². The molecule has 6 nitrogen and oxygen atoms in total. The third-order valence-corrected chi connectivity index (χ3v) is 5.50. The quantitative estimate of drug-likeness (QED) is 0.408. The highest BCUT2D eigenvalue weighted by molar-refractivity contribution is 6.12. The Hall–Kier alpha value is -3.61. The van der Waals surface area contributed by atoms with Gasteiger partial charge in [0.15, 0.2) is 5.76 Å². The number of hydrogen-bond acceptors (Lipinski definition) is 5. The van der Waals surface area contributed by atoms with Gasteiger partial charge in [-0.15, -0.1) is 0 Å². The zero-order chi connectivity index (χ0) is 22.4. The van der Waals surface area contributed by atoms with Crippen LogP contribution < -0.4 is 10.1 Å². The van der Waals surface area contributed by atoms with Crippen LogP contribution in [0.3, 0.4) is 0 Å². The van der Waals surface area contributed by atoms with Crippen molar-refractivity contribution in [1.82, 2.24) is 10.5 Å². The van der Waals surface area contributed by atoms with Crippen molar-refractivity contribution >= 4 is 16.9 Å². The predicted octanol–water partition coefficient (Wildman–Crippen LogP) is 5.92. The van der Waals surface area contributed by atoms with Crippen LogP contribution in [0.5, 0.6) is 5.75 Å². The average molecular weight is 434 g/mol. The molecule has 1 amide bonds. The van der Waals surface area contributed by atoms with Crippen LogP contribution in [0.2, 0.25) is 0 Å². The van der Waals surface area contributed by atoms with Crippen LogP contribution in [0.25, 0.3) is 33.6 Å². The molecule has 0 bridgehead atoms. The van der Waals surface area contributed by atoms with E-state index in [1.54, 1.807) is 25.2 Å². The maximum atomic E-state index is 13.5. The fourth-order valence-corrected chi connectivity index (χ4v) is 3.81. The monoisotopic (exact) mass is 434 g/mol. The standard InChI is InChI=1S/C25H23FN2O4/c1-13(2)30-20-11-18-21(10-17(20)22-12-19(28-32-22)14-4-5-14)31-24(23(18)25(29)27-3)15-6-8-16(26)9-7-15/h6-14H,4-5H2,1-3H3,(H,27,29). The van der Waals surface area contributed by atoms with Crippen molar-refractivity contribution in [3.8, 4) is 28.4 Å². The summed E-state index contributed by atoms with van der Waals surface area (Å²) in [4.78, 5) is 12.8. The van der Waals surface area contributed by atoms with Crippen LogP contribution in [0.4, 0.5) is 4.39 Å². The number of aromatic nitrogens is 1. The van der Waals surface area contributed by atoms with E-state index in [1.165, 1.54) is 12.1 Å². The maximum absolute atomic E-state index is 13.5. The second-order valence-corrected chi connectivity index (χ2v) is 8.29. The predicted molar refractivity (Wildman–Crippen MR) is 118 cm³/mol. The zero-order valence-electron chi connectivity index (χ0n) is 18.1. The Morgan fingerprint density at radius 3 is 2.59 bits per heavy atom. The number of nitrogens with zero attached hydrogens (tertiary/aromatic N) is 1. The smallest absolute Gasteiger partial charge is 0.255 e. The number of amides is 1. The molecule has 0 atom stereocenters. The molecule has 0 aliphatic heterocycles. The highest BCUT2D eigenvalue weighted by Gasteiger charge is 2.29. The third kappa shape index (κ3) is 3.64. The summed E-state index contributed by atoms with van der Waals surface area (Å²) in [7, 11) is 1.56. The first-order valence-corrected chi connectivity index (χ1v) is 10.7. The normalized spacial score (nSPS) is 13.7. The Labute approximate surface area is 184 Å². The molecule has 5 rings (SSSR count). The fourth-order valence-electron chi connectivity index (χ4n) is 3.81. The summed E-state index contributed by atoms with van der Waals surface area (Å²) >= 11 is 0. The third-order valence-electron chi connectivity index (χ3n) is 5.50. The number of furan rings is 1. The summed E-state index contributed by atoms with van der Waals surface area (Å²) < 4.78 is 31.3. The topological polar surface area (TPSA) is 77.5 Å². The molecule has 1 N–H and O–H groups in total. The molecule has 0 radical (unpaired) electrons. The Morgan fingerprint density at radius 1 is 1.19 bits per heavy atom. The van der Waals surface area contributed by atoms with Gasteiger partial charge in [-0.05, 0) is 63.1 Å². The summed E-state index contributed by atoms with van der Waals surface area (Å²) in [6.45, 7) is 3.87. The largest absolute Gasteiger partial charge is 0.490 e. The van der Waals surface area contributed by atoms with E-state index in [-0.39, 0.29) is 17.8 Å². The number of benzene rings is 2. The van der Waals surface area contributed by atoms with E-state index < -0.39 is 0 Å². The Morgan fingerprint density at radius 2 is 1.94 bits per heavy atom. The molecule has 1 aliphatic carbocycles. The molecule has 1 aliphatic rings. The van der Waals surface area contributed by atoms with Crippen LogP contribution >= 0.6 is 0 Å². The molecule has 7 heteroatoms. The van der Waals surface area contributed by atoms with E-state index in [2.05, 4.69) is 10.5 Å². The summed E-state index contributed by atoms with van der Waals surface area (Å²) in [5.41, 5.74) is 3.11. The Bertz CT molecular complexity index is 1300. The molecule has 4 aromatic rings. The van der Waals surface area contributed by atoms with Crippen LogP contribution in [0.1, 0.15) is 48.7 Å². The van der Waals surface area contributed by atoms with Gasteiger partial charge in [0.2, 0.25) is 0 Å². The van der Waals surface area contributed by atoms with Gasteiger partial charge in [-0.2, -0.15) is 0 Å². The minimum Gasteiger partial charge on any atom is -0.490 e. The minimum absolute atomic E-state index is 0.0936. The molecule has 1 saturated carbocycles. The van der Waals surface area contributed by atoms with Crippen LogP contribution in [-0.2, 0) is 0 Å². The Kier molecular flexibility index (Phi) is 4.96. The summed E-state index contributed by atoms with van der Waals surface area (Å²) in [5, 5.41) is 7.48. The number of rotatable bonds is 6. The maximum Gasteiger partial charge on any atom is 0.255 e. The Balaban J connectivity index is 1.72. The lowest BCUT2D eigenvalue weighted by atomic mass is 10.0. The van der Waals surface area contributed by atoms with Crippen molar-refractivity contribution in [2.45, 2.75) is 38.7 Å². The molecular weight excluding hydrogens is 411 g/mol. The van der Waals surface area contributed by atoms with Crippen molar-refractivity contribution in [2.75, 3.05) is 7.05 Å². The van der Waals surface area contributed by atoms with E-state index in [9.17, 15) is 9.18 Å². The van der Waals surface area contributed by atoms with Crippen molar-refractivity contribution < 1.29 is 22.9 Å². The van der Waals surface area contributed by atoms with E-state index in [0.717, 1.165) is 18.5 Å². The van der Waals surface area contributed by atoms with Gasteiger partial charge in [0.1, 0.15) is 22.9 Å². The van der Waals surface area contributed by atoms with Crippen LogP contribution in [0.15, 0.2) is 51.4 Å². The molecule has 164 valence electrons. The molecular formula is C25H23FN2O4. The molecule has 32 heavy (non-hydrogen) atoms. The number of nitrogens with one attached hydrogen (secondary N) is 1. The fraction of sp³-hybridized carbons (Fsp3) is 0.280. The molecule has 0 spiro atoms. The van der Waals surface area contributed by atoms with Gasteiger partial charge in [0.25, 0.3) is 5.91 Å². The van der Waals surface area contributed by atoms with Gasteiger partial charge in [0, 0.05) is 30.0 Å². The molecule has 2 aromatic carbocycles. The van der Waals surface area contributed by atoms with Gasteiger partial charge in [-0.1, -0.05) is 5.16 Å².